The maximum absolute atomic E-state index is 12.6. The fourth-order valence-corrected chi connectivity index (χ4v) is 1.56. The molecular weight excluding hydrogens is 199 g/mol. The molecule has 0 aliphatic rings. The number of carbonyl (C=O) groups is 1. The SMILES string of the molecule is O=C(O)c1c(S)cc(F)cc1S. The van der Waals surface area contributed by atoms with Crippen LogP contribution in [-0.2, 0) is 0 Å². The minimum atomic E-state index is -1.16. The average Bonchev–Trinajstić information content (AvgIpc) is 1.82. The summed E-state index contributed by atoms with van der Waals surface area (Å²) in [6, 6.07) is 2.07. The van der Waals surface area contributed by atoms with Gasteiger partial charge in [0.25, 0.3) is 0 Å². The lowest BCUT2D eigenvalue weighted by Crippen LogP contribution is -2.00. The Balaban J connectivity index is 3.38. The van der Waals surface area contributed by atoms with Gasteiger partial charge in [-0.2, -0.15) is 0 Å². The zero-order valence-electron chi connectivity index (χ0n) is 5.78. The lowest BCUT2D eigenvalue weighted by atomic mass is 10.2. The van der Waals surface area contributed by atoms with Crippen molar-refractivity contribution in [2.75, 3.05) is 0 Å². The van der Waals surface area contributed by atoms with Gasteiger partial charge in [-0.15, -0.1) is 25.3 Å². The maximum Gasteiger partial charge on any atom is 0.337 e. The van der Waals surface area contributed by atoms with Gasteiger partial charge in [-0.1, -0.05) is 0 Å². The van der Waals surface area contributed by atoms with Crippen molar-refractivity contribution in [1.82, 2.24) is 0 Å². The van der Waals surface area contributed by atoms with E-state index >= 15 is 0 Å². The molecule has 1 aromatic carbocycles. The first-order chi connectivity index (χ1) is 5.52. The summed E-state index contributed by atoms with van der Waals surface area (Å²) in [5, 5.41) is 8.62. The van der Waals surface area contributed by atoms with Gasteiger partial charge >= 0.3 is 5.97 Å². The first-order valence-electron chi connectivity index (χ1n) is 2.97. The molecule has 64 valence electrons. The van der Waals surface area contributed by atoms with E-state index in [1.807, 2.05) is 0 Å². The number of rotatable bonds is 1. The topological polar surface area (TPSA) is 37.3 Å². The Morgan fingerprint density at radius 3 is 2.08 bits per heavy atom. The molecule has 0 atom stereocenters. The molecule has 0 radical (unpaired) electrons. The molecule has 0 saturated carbocycles. The number of aromatic carboxylic acids is 1. The van der Waals surface area contributed by atoms with Gasteiger partial charge < -0.3 is 5.11 Å². The molecule has 0 saturated heterocycles. The van der Waals surface area contributed by atoms with E-state index < -0.39 is 11.8 Å². The van der Waals surface area contributed by atoms with Gasteiger partial charge in [0.2, 0.25) is 0 Å². The van der Waals surface area contributed by atoms with E-state index in [0.717, 1.165) is 12.1 Å². The van der Waals surface area contributed by atoms with Gasteiger partial charge in [0.1, 0.15) is 5.82 Å². The predicted molar refractivity (Wildman–Crippen MR) is 47.9 cm³/mol. The average molecular weight is 204 g/mol. The molecule has 5 heteroatoms. The highest BCUT2D eigenvalue weighted by Crippen LogP contribution is 2.23. The number of hydrogen-bond acceptors (Lipinski definition) is 3. The normalized spacial score (nSPS) is 9.92. The molecule has 0 bridgehead atoms. The third kappa shape index (κ3) is 1.73. The Bertz CT molecular complexity index is 315. The third-order valence-electron chi connectivity index (χ3n) is 1.28. The number of benzene rings is 1. The molecule has 2 nitrogen and oxygen atoms in total. The second-order valence-electron chi connectivity index (χ2n) is 2.12. The van der Waals surface area contributed by atoms with E-state index in [-0.39, 0.29) is 15.4 Å². The molecule has 1 N–H and O–H groups in total. The largest absolute Gasteiger partial charge is 0.478 e. The van der Waals surface area contributed by atoms with E-state index in [0.29, 0.717) is 0 Å². The Morgan fingerprint density at radius 2 is 1.75 bits per heavy atom. The van der Waals surface area contributed by atoms with Crippen LogP contribution in [0.2, 0.25) is 0 Å². The molecule has 0 fully saturated rings. The fourth-order valence-electron chi connectivity index (χ4n) is 0.798. The van der Waals surface area contributed by atoms with Crippen LogP contribution < -0.4 is 0 Å². The summed E-state index contributed by atoms with van der Waals surface area (Å²) in [5.74, 6) is -1.71. The van der Waals surface area contributed by atoms with Crippen LogP contribution in [0.3, 0.4) is 0 Å². The Morgan fingerprint density at radius 1 is 1.33 bits per heavy atom. The second kappa shape index (κ2) is 3.37. The van der Waals surface area contributed by atoms with E-state index in [1.54, 1.807) is 0 Å². The van der Waals surface area contributed by atoms with Crippen LogP contribution in [-0.4, -0.2) is 11.1 Å². The highest BCUT2D eigenvalue weighted by atomic mass is 32.1. The molecule has 12 heavy (non-hydrogen) atoms. The molecule has 0 heterocycles. The van der Waals surface area contributed by atoms with E-state index in [4.69, 9.17) is 5.11 Å². The van der Waals surface area contributed by atoms with Gasteiger partial charge in [-0.3, -0.25) is 0 Å². The highest BCUT2D eigenvalue weighted by Gasteiger charge is 2.12. The number of carboxylic acids is 1. The van der Waals surface area contributed by atoms with Crippen LogP contribution in [0.1, 0.15) is 10.4 Å². The van der Waals surface area contributed by atoms with Crippen molar-refractivity contribution < 1.29 is 14.3 Å². The van der Waals surface area contributed by atoms with Gasteiger partial charge in [0.05, 0.1) is 5.56 Å². The molecule has 0 unspecified atom stereocenters. The van der Waals surface area contributed by atoms with Crippen molar-refractivity contribution >= 4 is 31.2 Å². The summed E-state index contributed by atoms with van der Waals surface area (Å²) in [6.45, 7) is 0. The number of hydrogen-bond donors (Lipinski definition) is 3. The van der Waals surface area contributed by atoms with Crippen LogP contribution >= 0.6 is 25.3 Å². The van der Waals surface area contributed by atoms with Gasteiger partial charge in [-0.25, -0.2) is 9.18 Å². The molecule has 0 spiro atoms. The highest BCUT2D eigenvalue weighted by molar-refractivity contribution is 7.81. The summed E-state index contributed by atoms with van der Waals surface area (Å²) >= 11 is 7.61. The van der Waals surface area contributed by atoms with E-state index in [1.165, 1.54) is 0 Å². The van der Waals surface area contributed by atoms with Gasteiger partial charge in [0, 0.05) is 9.79 Å². The lowest BCUT2D eigenvalue weighted by Gasteiger charge is -2.02. The van der Waals surface area contributed by atoms with Crippen molar-refractivity contribution in [1.29, 1.82) is 0 Å². The second-order valence-corrected chi connectivity index (χ2v) is 3.09. The zero-order valence-corrected chi connectivity index (χ0v) is 7.57. The lowest BCUT2D eigenvalue weighted by molar-refractivity contribution is 0.0689. The van der Waals surface area contributed by atoms with Crippen molar-refractivity contribution in [3.8, 4) is 0 Å². The van der Waals surface area contributed by atoms with Crippen LogP contribution in [0, 0.1) is 5.82 Å². The Labute approximate surface area is 79.2 Å². The standard InChI is InChI=1S/C7H5FO2S2/c8-3-1-4(11)6(7(9)10)5(12)2-3/h1-2,11-12H,(H,9,10). The summed E-state index contributed by atoms with van der Waals surface area (Å²) in [6.07, 6.45) is 0. The minimum Gasteiger partial charge on any atom is -0.478 e. The number of thiol groups is 2. The van der Waals surface area contributed by atoms with E-state index in [2.05, 4.69) is 25.3 Å². The van der Waals surface area contributed by atoms with Crippen LogP contribution in [0.5, 0.6) is 0 Å². The third-order valence-corrected chi connectivity index (χ3v) is 1.98. The molecule has 0 amide bonds. The molecular formula is C7H5FO2S2. The molecule has 0 aliphatic heterocycles. The molecule has 1 aromatic rings. The predicted octanol–water partition coefficient (Wildman–Crippen LogP) is 2.10. The van der Waals surface area contributed by atoms with E-state index in [9.17, 15) is 9.18 Å². The smallest absolute Gasteiger partial charge is 0.337 e. The minimum absolute atomic E-state index is 0.0764. The number of halogens is 1. The van der Waals surface area contributed by atoms with Crippen molar-refractivity contribution in [3.63, 3.8) is 0 Å². The Kier molecular flexibility index (Phi) is 2.64. The number of carboxylic acid groups (broad SMARTS) is 1. The summed E-state index contributed by atoms with van der Waals surface area (Å²) in [5.41, 5.74) is -0.0805. The van der Waals surface area contributed by atoms with Crippen molar-refractivity contribution in [2.24, 2.45) is 0 Å². The molecule has 0 aromatic heterocycles. The summed E-state index contributed by atoms with van der Waals surface area (Å²) in [4.78, 5) is 10.7. The van der Waals surface area contributed by atoms with Crippen molar-refractivity contribution in [3.05, 3.63) is 23.5 Å². The maximum atomic E-state index is 12.6. The van der Waals surface area contributed by atoms with Crippen LogP contribution in [0.4, 0.5) is 4.39 Å². The fraction of sp³-hybridized carbons (Fsp3) is 0. The first-order valence-corrected chi connectivity index (χ1v) is 3.86. The summed E-state index contributed by atoms with van der Waals surface area (Å²) < 4.78 is 12.6. The Hall–Kier alpha value is -0.680. The molecule has 0 aliphatic carbocycles. The summed E-state index contributed by atoms with van der Waals surface area (Å²) in [7, 11) is 0. The van der Waals surface area contributed by atoms with Crippen LogP contribution in [0.15, 0.2) is 21.9 Å². The monoisotopic (exact) mass is 204 g/mol. The van der Waals surface area contributed by atoms with Crippen molar-refractivity contribution in [2.45, 2.75) is 9.79 Å². The molecule has 1 rings (SSSR count). The quantitative estimate of drug-likeness (QED) is 0.613. The van der Waals surface area contributed by atoms with Crippen LogP contribution in [0.25, 0.3) is 0 Å². The first kappa shape index (κ1) is 9.41. The zero-order chi connectivity index (χ0) is 9.30. The van der Waals surface area contributed by atoms with Gasteiger partial charge in [-0.05, 0) is 12.1 Å². The van der Waals surface area contributed by atoms with Gasteiger partial charge in [0.15, 0.2) is 0 Å².